The number of fused-ring (bicyclic) bond motifs is 3. The highest BCUT2D eigenvalue weighted by molar-refractivity contribution is 7.91. The number of aryl methyl sites for hydroxylation is 2. The third kappa shape index (κ3) is 3.26. The van der Waals surface area contributed by atoms with Crippen LogP contribution >= 0.6 is 0 Å². The number of nitrogens with one attached hydrogen (secondary N) is 1. The van der Waals surface area contributed by atoms with Gasteiger partial charge >= 0.3 is 6.03 Å². The highest BCUT2D eigenvalue weighted by Crippen LogP contribution is 2.37. The zero-order valence-corrected chi connectivity index (χ0v) is 17.4. The third-order valence-electron chi connectivity index (χ3n) is 6.00. The second kappa shape index (κ2) is 7.33. The van der Waals surface area contributed by atoms with Gasteiger partial charge in [0.25, 0.3) is 0 Å². The number of hydrogen-bond acceptors (Lipinski definition) is 6. The van der Waals surface area contributed by atoms with Crippen LogP contribution < -0.4 is 20.9 Å². The average molecular weight is 432 g/mol. The molecular formula is C19H25N7O3S. The summed E-state index contributed by atoms with van der Waals surface area (Å²) in [6, 6.07) is -0.729. The van der Waals surface area contributed by atoms with Crippen LogP contribution in [0.25, 0.3) is 0 Å². The first-order valence-electron chi connectivity index (χ1n) is 10.2. The van der Waals surface area contributed by atoms with Crippen LogP contribution in [0.3, 0.4) is 0 Å². The lowest BCUT2D eigenvalue weighted by Crippen LogP contribution is -2.32. The van der Waals surface area contributed by atoms with E-state index in [1.165, 1.54) is 6.20 Å². The van der Waals surface area contributed by atoms with E-state index < -0.39 is 15.9 Å². The van der Waals surface area contributed by atoms with Crippen LogP contribution in [0.4, 0.5) is 10.5 Å². The summed E-state index contributed by atoms with van der Waals surface area (Å²) in [4.78, 5) is 17.6. The van der Waals surface area contributed by atoms with Crippen molar-refractivity contribution in [3.8, 4) is 5.88 Å². The molecule has 0 saturated carbocycles. The Labute approximate surface area is 174 Å². The first-order valence-corrected chi connectivity index (χ1v) is 11.8. The molecule has 3 aliphatic rings. The molecule has 0 saturated heterocycles. The maximum Gasteiger partial charge on any atom is 0.354 e. The molecule has 2 aromatic heterocycles. The van der Waals surface area contributed by atoms with Gasteiger partial charge in [-0.25, -0.2) is 18.8 Å². The van der Waals surface area contributed by atoms with Crippen LogP contribution in [0.15, 0.2) is 15.5 Å². The predicted molar refractivity (Wildman–Crippen MR) is 111 cm³/mol. The molecule has 2 aliphatic carbocycles. The minimum Gasteiger partial charge on any atom is -0.476 e. The lowest BCUT2D eigenvalue weighted by molar-refractivity contribution is 0.164. The molecule has 10 nitrogen and oxygen atoms in total. The lowest BCUT2D eigenvalue weighted by atomic mass is 10.1. The zero-order chi connectivity index (χ0) is 20.9. The Morgan fingerprint density at radius 1 is 1.27 bits per heavy atom. The van der Waals surface area contributed by atoms with Crippen LogP contribution in [0.5, 0.6) is 5.88 Å². The second-order valence-corrected chi connectivity index (χ2v) is 9.80. The molecule has 11 heteroatoms. The van der Waals surface area contributed by atoms with E-state index in [9.17, 15) is 9.00 Å². The van der Waals surface area contributed by atoms with Crippen molar-refractivity contribution in [2.75, 3.05) is 18.5 Å². The number of ether oxygens (including phenoxy) is 1. The van der Waals surface area contributed by atoms with Crippen molar-refractivity contribution in [2.45, 2.75) is 50.0 Å². The summed E-state index contributed by atoms with van der Waals surface area (Å²) in [6.07, 6.45) is 6.97. The second-order valence-electron chi connectivity index (χ2n) is 8.04. The summed E-state index contributed by atoms with van der Waals surface area (Å²) in [5.74, 6) is 0.407. The fourth-order valence-electron chi connectivity index (χ4n) is 4.51. The Kier molecular flexibility index (Phi) is 4.75. The summed E-state index contributed by atoms with van der Waals surface area (Å²) in [5, 5.41) is 13.0. The molecule has 160 valence electrons. The fourth-order valence-corrected chi connectivity index (χ4v) is 5.51. The molecule has 2 unspecified atom stereocenters. The molecule has 2 atom stereocenters. The van der Waals surface area contributed by atoms with E-state index in [2.05, 4.69) is 14.8 Å². The van der Waals surface area contributed by atoms with Gasteiger partial charge in [0.1, 0.15) is 4.90 Å². The molecule has 5 N–H and O–H groups in total. The van der Waals surface area contributed by atoms with Crippen molar-refractivity contribution in [1.82, 2.24) is 14.8 Å². The van der Waals surface area contributed by atoms with Crippen LogP contribution in [0.1, 0.15) is 35.4 Å². The lowest BCUT2D eigenvalue weighted by Gasteiger charge is -2.23. The summed E-state index contributed by atoms with van der Waals surface area (Å²) in [6.45, 7) is 1.38. The van der Waals surface area contributed by atoms with Crippen molar-refractivity contribution < 1.29 is 13.7 Å². The molecule has 0 spiro atoms. The Balaban J connectivity index is 1.45. The van der Waals surface area contributed by atoms with Gasteiger partial charge in [0.05, 0.1) is 25.0 Å². The van der Waals surface area contributed by atoms with Crippen molar-refractivity contribution >= 4 is 21.6 Å². The van der Waals surface area contributed by atoms with Crippen molar-refractivity contribution in [3.05, 3.63) is 28.7 Å². The van der Waals surface area contributed by atoms with Crippen molar-refractivity contribution in [2.24, 2.45) is 21.2 Å². The van der Waals surface area contributed by atoms with E-state index in [1.807, 2.05) is 0 Å². The standard InChI is InChI=1S/C19H25N7O3S/c20-7-11-9-26-18(29-10-11)16(8-22-26)30(21,28)25-19(27)24-17-12-3-1-5-14(12)23-15-6-2-4-13(15)17/h8,11H,1-7,9-10,20H2,(H3,21,23,24,25,27,28). The maximum absolute atomic E-state index is 13.1. The van der Waals surface area contributed by atoms with Crippen LogP contribution in [0, 0.1) is 5.92 Å². The number of amides is 2. The Morgan fingerprint density at radius 2 is 1.97 bits per heavy atom. The van der Waals surface area contributed by atoms with Gasteiger partial charge in [-0.3, -0.25) is 4.98 Å². The van der Waals surface area contributed by atoms with Gasteiger partial charge in [-0.15, -0.1) is 4.36 Å². The average Bonchev–Trinajstić information content (AvgIpc) is 3.45. The number of rotatable bonds is 3. The van der Waals surface area contributed by atoms with Gasteiger partial charge in [0, 0.05) is 23.9 Å². The van der Waals surface area contributed by atoms with Crippen LogP contribution in [0.2, 0.25) is 0 Å². The molecule has 2 aromatic rings. The summed E-state index contributed by atoms with van der Waals surface area (Å²) >= 11 is 0. The smallest absolute Gasteiger partial charge is 0.354 e. The molecule has 30 heavy (non-hydrogen) atoms. The molecule has 0 fully saturated rings. The van der Waals surface area contributed by atoms with E-state index in [0.717, 1.165) is 66.7 Å². The third-order valence-corrected chi connectivity index (χ3v) is 7.34. The van der Waals surface area contributed by atoms with Gasteiger partial charge in [0.15, 0.2) is 9.92 Å². The molecule has 5 rings (SSSR count). The molecular weight excluding hydrogens is 406 g/mol. The van der Waals surface area contributed by atoms with E-state index >= 15 is 0 Å². The Morgan fingerprint density at radius 3 is 2.63 bits per heavy atom. The number of aromatic nitrogens is 3. The van der Waals surface area contributed by atoms with Gasteiger partial charge in [0.2, 0.25) is 5.88 Å². The van der Waals surface area contributed by atoms with E-state index in [-0.39, 0.29) is 16.7 Å². The number of carbonyl (C=O) groups is 1. The normalized spacial score (nSPS) is 21.2. The largest absolute Gasteiger partial charge is 0.476 e. The van der Waals surface area contributed by atoms with E-state index in [1.54, 1.807) is 4.68 Å². The number of nitrogens with zero attached hydrogens (tertiary/aromatic N) is 4. The number of anilines is 1. The summed E-state index contributed by atoms with van der Waals surface area (Å²) in [7, 11) is -3.52. The molecule has 0 aromatic carbocycles. The van der Waals surface area contributed by atoms with E-state index in [4.69, 9.17) is 20.6 Å². The first-order chi connectivity index (χ1) is 14.5. The van der Waals surface area contributed by atoms with Gasteiger partial charge < -0.3 is 15.8 Å². The van der Waals surface area contributed by atoms with Gasteiger partial charge in [-0.05, 0) is 49.7 Å². The number of pyridine rings is 1. The topological polar surface area (TPSA) is 151 Å². The van der Waals surface area contributed by atoms with Crippen molar-refractivity contribution in [3.63, 3.8) is 0 Å². The number of hydrogen-bond donors (Lipinski definition) is 3. The molecule has 0 bridgehead atoms. The van der Waals surface area contributed by atoms with E-state index in [0.29, 0.717) is 19.7 Å². The molecule has 2 amide bonds. The maximum atomic E-state index is 13.1. The highest BCUT2D eigenvalue weighted by Gasteiger charge is 2.29. The van der Waals surface area contributed by atoms with Gasteiger partial charge in [-0.1, -0.05) is 0 Å². The zero-order valence-electron chi connectivity index (χ0n) is 16.6. The highest BCUT2D eigenvalue weighted by atomic mass is 32.2. The Hall–Kier alpha value is -2.50. The summed E-state index contributed by atoms with van der Waals surface area (Å²) in [5.41, 5.74) is 10.7. The summed E-state index contributed by atoms with van der Waals surface area (Å²) < 4.78 is 24.2. The SMILES string of the molecule is NCC1COc2c(S(N)(=O)=NC(=O)Nc3c4c(nc5c3CCC5)CCC4)cnn2C1. The van der Waals surface area contributed by atoms with Gasteiger partial charge in [-0.2, -0.15) is 5.10 Å². The predicted octanol–water partition coefficient (Wildman–Crippen LogP) is 1.16. The molecule has 3 heterocycles. The minimum absolute atomic E-state index is 0.121. The fraction of sp³-hybridized carbons (Fsp3) is 0.526. The minimum atomic E-state index is -3.52. The molecule has 1 aliphatic heterocycles. The quantitative estimate of drug-likeness (QED) is 0.663. The number of urea groups is 1. The first kappa shape index (κ1) is 19.5. The van der Waals surface area contributed by atoms with Crippen LogP contribution in [-0.2, 0) is 42.1 Å². The molecule has 0 radical (unpaired) electrons. The van der Waals surface area contributed by atoms with Crippen molar-refractivity contribution in [1.29, 1.82) is 0 Å². The van der Waals surface area contributed by atoms with Crippen LogP contribution in [-0.4, -0.2) is 38.2 Å². The Bertz CT molecular complexity index is 1120. The monoisotopic (exact) mass is 431 g/mol. The number of carbonyl (C=O) groups excluding carboxylic acids is 1. The number of nitrogens with two attached hydrogens (primary N) is 2.